The van der Waals surface area contributed by atoms with E-state index in [1.165, 1.54) is 0 Å². The number of hydrogen-bond donors (Lipinski definition) is 0. The minimum Gasteiger partial charge on any atom is -0.197 e. The molecule has 1 unspecified atom stereocenters. The monoisotopic (exact) mass is 417 g/mol. The molecule has 0 bridgehead atoms. The fraction of sp³-hybridized carbons (Fsp3) is 0.129. The SMILES string of the molecule is C#C/C=C\C/C=C\C(=C)C(C#N)(/C=C/C=C\C=C/C)c1ccc(C(/C=C\C=C)=C/C)cc1. The second-order valence-electron chi connectivity index (χ2n) is 6.84. The molecule has 1 atom stereocenters. The molecule has 1 heteroatoms. The Hall–Kier alpha value is -4.07. The average Bonchev–Trinajstić information content (AvgIpc) is 2.82. The largest absolute Gasteiger partial charge is 0.197 e. The summed E-state index contributed by atoms with van der Waals surface area (Å²) >= 11 is 0. The lowest BCUT2D eigenvalue weighted by molar-refractivity contribution is 0.833. The molecule has 0 N–H and O–H groups in total. The minimum absolute atomic E-state index is 0.675. The summed E-state index contributed by atoms with van der Waals surface area (Å²) in [5.41, 5.74) is 2.71. The van der Waals surface area contributed by atoms with Crippen LogP contribution in [0.4, 0.5) is 0 Å². The molecule has 1 aromatic carbocycles. The van der Waals surface area contributed by atoms with E-state index in [0.29, 0.717) is 12.0 Å². The second kappa shape index (κ2) is 14.8. The Morgan fingerprint density at radius 2 is 1.75 bits per heavy atom. The van der Waals surface area contributed by atoms with Crippen molar-refractivity contribution < 1.29 is 0 Å². The van der Waals surface area contributed by atoms with Gasteiger partial charge in [-0.05, 0) is 48.6 Å². The summed E-state index contributed by atoms with van der Waals surface area (Å²) in [5.74, 6) is 2.47. The first kappa shape index (κ1) is 26.0. The quantitative estimate of drug-likeness (QED) is 0.264. The van der Waals surface area contributed by atoms with Crippen LogP contribution in [-0.4, -0.2) is 0 Å². The summed E-state index contributed by atoms with van der Waals surface area (Å²) in [6.45, 7) is 11.9. The molecule has 0 amide bonds. The van der Waals surface area contributed by atoms with E-state index in [0.717, 1.165) is 16.7 Å². The van der Waals surface area contributed by atoms with Gasteiger partial charge in [0.1, 0.15) is 5.41 Å². The Balaban J connectivity index is 3.41. The summed E-state index contributed by atoms with van der Waals surface area (Å²) in [5, 5.41) is 10.3. The van der Waals surface area contributed by atoms with Gasteiger partial charge in [-0.2, -0.15) is 5.26 Å². The van der Waals surface area contributed by atoms with Crippen LogP contribution in [0.1, 0.15) is 31.4 Å². The van der Waals surface area contributed by atoms with Crippen LogP contribution in [0, 0.1) is 23.7 Å². The van der Waals surface area contributed by atoms with Gasteiger partial charge in [-0.3, -0.25) is 0 Å². The molecule has 0 fully saturated rings. The van der Waals surface area contributed by atoms with Gasteiger partial charge in [0.15, 0.2) is 0 Å². The minimum atomic E-state index is -0.988. The van der Waals surface area contributed by atoms with Crippen LogP contribution in [0.3, 0.4) is 0 Å². The molecule has 0 aromatic heterocycles. The van der Waals surface area contributed by atoms with Gasteiger partial charge < -0.3 is 0 Å². The fourth-order valence-electron chi connectivity index (χ4n) is 3.01. The lowest BCUT2D eigenvalue weighted by Gasteiger charge is -2.25. The van der Waals surface area contributed by atoms with E-state index < -0.39 is 5.41 Å². The number of nitriles is 1. The Bertz CT molecular complexity index is 1050. The number of hydrogen-bond acceptors (Lipinski definition) is 1. The lowest BCUT2D eigenvalue weighted by atomic mass is 9.75. The number of benzene rings is 1. The normalized spacial score (nSPS) is 14.6. The maximum absolute atomic E-state index is 10.3. The van der Waals surface area contributed by atoms with Gasteiger partial charge in [-0.1, -0.05) is 122 Å². The zero-order valence-electron chi connectivity index (χ0n) is 19.0. The molecule has 0 spiro atoms. The van der Waals surface area contributed by atoms with E-state index in [1.807, 2.05) is 111 Å². The molecule has 1 nitrogen and oxygen atoms in total. The van der Waals surface area contributed by atoms with Crippen LogP contribution < -0.4 is 0 Å². The molecular weight excluding hydrogens is 386 g/mol. The third kappa shape index (κ3) is 7.64. The van der Waals surface area contributed by atoms with Crippen LogP contribution >= 0.6 is 0 Å². The predicted octanol–water partition coefficient (Wildman–Crippen LogP) is 7.97. The average molecular weight is 418 g/mol. The topological polar surface area (TPSA) is 23.8 Å². The summed E-state index contributed by atoms with van der Waals surface area (Å²) in [6, 6.07) is 10.5. The van der Waals surface area contributed by atoms with Crippen molar-refractivity contribution in [2.75, 3.05) is 0 Å². The highest BCUT2D eigenvalue weighted by atomic mass is 14.4. The van der Waals surface area contributed by atoms with Crippen LogP contribution in [0.15, 0.2) is 128 Å². The molecular formula is C31H31N. The Labute approximate surface area is 194 Å². The van der Waals surface area contributed by atoms with Crippen molar-refractivity contribution in [2.45, 2.75) is 25.7 Å². The standard InChI is InChI=1S/C31H31N/c1-6-10-13-15-17-19-27(5)31(26-32,25-18-16-14-11-7-2)30-23-21-29(22-24-30)28(9-4)20-12-8-3/h1,7-14,16-25H,3,5,15H2,2,4H3/b11-7-,13-10-,16-14-,19-17-,20-12-,25-18+,28-9+. The molecule has 0 aliphatic rings. The van der Waals surface area contributed by atoms with Gasteiger partial charge >= 0.3 is 0 Å². The van der Waals surface area contributed by atoms with Gasteiger partial charge in [-0.15, -0.1) is 6.42 Å². The first-order valence-corrected chi connectivity index (χ1v) is 10.5. The smallest absolute Gasteiger partial charge is 0.125 e. The van der Waals surface area contributed by atoms with Crippen molar-refractivity contribution in [2.24, 2.45) is 0 Å². The van der Waals surface area contributed by atoms with Gasteiger partial charge in [0.2, 0.25) is 0 Å². The first-order chi connectivity index (χ1) is 15.6. The number of rotatable bonds is 11. The molecule has 0 saturated heterocycles. The Morgan fingerprint density at radius 1 is 1.03 bits per heavy atom. The van der Waals surface area contributed by atoms with Crippen LogP contribution in [0.5, 0.6) is 0 Å². The predicted molar refractivity (Wildman–Crippen MR) is 141 cm³/mol. The van der Waals surface area contributed by atoms with Crippen LogP contribution in [-0.2, 0) is 5.41 Å². The van der Waals surface area contributed by atoms with E-state index in [2.05, 4.69) is 25.1 Å². The third-order valence-electron chi connectivity index (χ3n) is 4.76. The third-order valence-corrected chi connectivity index (χ3v) is 4.76. The van der Waals surface area contributed by atoms with Crippen LogP contribution in [0.2, 0.25) is 0 Å². The number of allylic oxidation sites excluding steroid dienone is 16. The van der Waals surface area contributed by atoms with E-state index in [9.17, 15) is 5.26 Å². The van der Waals surface area contributed by atoms with Gasteiger partial charge in [0.25, 0.3) is 0 Å². The molecule has 0 aliphatic carbocycles. The second-order valence-corrected chi connectivity index (χ2v) is 6.84. The lowest BCUT2D eigenvalue weighted by Crippen LogP contribution is -2.23. The Morgan fingerprint density at radius 3 is 2.34 bits per heavy atom. The van der Waals surface area contributed by atoms with E-state index in [1.54, 1.807) is 12.2 Å². The molecule has 160 valence electrons. The summed E-state index contributed by atoms with van der Waals surface area (Å²) in [7, 11) is 0. The molecule has 0 aliphatic heterocycles. The molecule has 0 saturated carbocycles. The van der Waals surface area contributed by atoms with Crippen molar-refractivity contribution in [3.8, 4) is 18.4 Å². The van der Waals surface area contributed by atoms with E-state index in [-0.39, 0.29) is 0 Å². The van der Waals surface area contributed by atoms with E-state index in [4.69, 9.17) is 6.42 Å². The highest BCUT2D eigenvalue weighted by Crippen LogP contribution is 2.34. The first-order valence-electron chi connectivity index (χ1n) is 10.5. The van der Waals surface area contributed by atoms with Gasteiger partial charge in [-0.25, -0.2) is 0 Å². The summed E-state index contributed by atoms with van der Waals surface area (Å²) in [6.07, 6.45) is 32.5. The zero-order valence-corrected chi connectivity index (χ0v) is 19.0. The molecule has 1 rings (SSSR count). The number of nitrogens with zero attached hydrogens (tertiary/aromatic N) is 1. The molecule has 32 heavy (non-hydrogen) atoms. The van der Waals surface area contributed by atoms with Crippen molar-refractivity contribution in [3.05, 3.63) is 139 Å². The highest BCUT2D eigenvalue weighted by Gasteiger charge is 2.31. The van der Waals surface area contributed by atoms with Gasteiger partial charge in [0, 0.05) is 0 Å². The van der Waals surface area contributed by atoms with Crippen molar-refractivity contribution >= 4 is 5.57 Å². The maximum Gasteiger partial charge on any atom is 0.125 e. The van der Waals surface area contributed by atoms with Crippen molar-refractivity contribution in [1.29, 1.82) is 5.26 Å². The zero-order chi connectivity index (χ0) is 23.7. The summed E-state index contributed by atoms with van der Waals surface area (Å²) < 4.78 is 0. The summed E-state index contributed by atoms with van der Waals surface area (Å²) in [4.78, 5) is 0. The van der Waals surface area contributed by atoms with E-state index >= 15 is 0 Å². The van der Waals surface area contributed by atoms with Gasteiger partial charge in [0.05, 0.1) is 6.07 Å². The fourth-order valence-corrected chi connectivity index (χ4v) is 3.01. The van der Waals surface area contributed by atoms with Crippen LogP contribution in [0.25, 0.3) is 5.57 Å². The highest BCUT2D eigenvalue weighted by molar-refractivity contribution is 5.74. The molecule has 0 heterocycles. The number of terminal acetylenes is 1. The van der Waals surface area contributed by atoms with Crippen molar-refractivity contribution in [1.82, 2.24) is 0 Å². The van der Waals surface area contributed by atoms with Crippen molar-refractivity contribution in [3.63, 3.8) is 0 Å². The Kier molecular flexibility index (Phi) is 12.0. The molecule has 1 aromatic rings. The maximum atomic E-state index is 10.3. The molecule has 0 radical (unpaired) electrons.